The topological polar surface area (TPSA) is 6.48 Å². The van der Waals surface area contributed by atoms with E-state index in [0.29, 0.717) is 23.7 Å². The van der Waals surface area contributed by atoms with Crippen molar-refractivity contribution in [1.29, 1.82) is 0 Å². The van der Waals surface area contributed by atoms with Gasteiger partial charge in [-0.05, 0) is 0 Å². The van der Waals surface area contributed by atoms with Crippen LogP contribution in [-0.4, -0.2) is 23.8 Å². The Bertz CT molecular complexity index is 999. The molecule has 33 heavy (non-hydrogen) atoms. The van der Waals surface area contributed by atoms with E-state index < -0.39 is 7.59 Å². The molecule has 2 radical (unpaired) electrons. The first-order chi connectivity index (χ1) is 15.5. The number of hydrogen-bond acceptors (Lipinski definition) is 2. The van der Waals surface area contributed by atoms with Crippen molar-refractivity contribution in [3.63, 3.8) is 0 Å². The van der Waals surface area contributed by atoms with Gasteiger partial charge in [-0.3, -0.25) is 0 Å². The molecule has 176 valence electrons. The SMILES string of the molecule is C=C1C=C(C)N(c2c(C(C)C)cccc2C(C)C)[SiH]([As])N1c1c(C(C)C)cccc1C(C)C. The molecule has 1 aliphatic heterocycles. The first kappa shape index (κ1) is 25.9. The molecule has 3 rings (SSSR count). The standard InChI is InChI=1S/C29H41AsN2Si/c1-18(2)24-13-11-14-25(19(3)4)28(24)31-22(9)17-23(10)32(33(31)30)29-26(20(5)6)15-12-16-27(29)21(7)8/h11-21,33H,9H2,1-8,10H3. The van der Waals surface area contributed by atoms with E-state index in [0.717, 1.165) is 5.70 Å². The second-order valence-corrected chi connectivity index (χ2v) is 15.2. The van der Waals surface area contributed by atoms with Gasteiger partial charge < -0.3 is 0 Å². The Morgan fingerprint density at radius 3 is 1.33 bits per heavy atom. The van der Waals surface area contributed by atoms with Crippen molar-refractivity contribution < 1.29 is 0 Å². The van der Waals surface area contributed by atoms with E-state index in [1.165, 1.54) is 39.3 Å². The van der Waals surface area contributed by atoms with Crippen LogP contribution in [0.1, 0.15) is 108 Å². The number of anilines is 2. The first-order valence-corrected chi connectivity index (χ1v) is 17.2. The number of rotatable bonds is 6. The fraction of sp³-hybridized carbons (Fsp3) is 0.448. The van der Waals surface area contributed by atoms with Gasteiger partial charge in [-0.2, -0.15) is 0 Å². The van der Waals surface area contributed by atoms with Crippen LogP contribution in [-0.2, 0) is 0 Å². The Kier molecular flexibility index (Phi) is 8.07. The van der Waals surface area contributed by atoms with Crippen molar-refractivity contribution in [3.8, 4) is 0 Å². The molecule has 1 unspecified atom stereocenters. The van der Waals surface area contributed by atoms with Gasteiger partial charge in [-0.1, -0.05) is 0 Å². The molecule has 0 aromatic heterocycles. The van der Waals surface area contributed by atoms with Crippen LogP contribution < -0.4 is 9.13 Å². The third-order valence-electron chi connectivity index (χ3n) is 6.69. The Morgan fingerprint density at radius 1 is 0.667 bits per heavy atom. The van der Waals surface area contributed by atoms with Crippen molar-refractivity contribution in [2.75, 3.05) is 9.13 Å². The van der Waals surface area contributed by atoms with Crippen LogP contribution in [0, 0.1) is 0 Å². The molecular weight excluding hydrogens is 479 g/mol. The average Bonchev–Trinajstić information content (AvgIpc) is 2.72. The van der Waals surface area contributed by atoms with E-state index in [9.17, 15) is 0 Å². The summed E-state index contributed by atoms with van der Waals surface area (Å²) in [5, 5.41) is 0. The van der Waals surface area contributed by atoms with Gasteiger partial charge >= 0.3 is 213 Å². The number of hydrogen-bond donors (Lipinski definition) is 0. The molecule has 0 N–H and O–H groups in total. The predicted octanol–water partition coefficient (Wildman–Crippen LogP) is 7.81. The molecule has 1 atom stereocenters. The molecule has 0 amide bonds. The molecule has 0 saturated heterocycles. The van der Waals surface area contributed by atoms with Crippen LogP contribution >= 0.6 is 0 Å². The van der Waals surface area contributed by atoms with Crippen molar-refractivity contribution in [1.82, 2.24) is 0 Å². The van der Waals surface area contributed by atoms with Gasteiger partial charge in [0.1, 0.15) is 0 Å². The van der Waals surface area contributed by atoms with Crippen molar-refractivity contribution in [2.45, 2.75) is 86.0 Å². The zero-order valence-electron chi connectivity index (χ0n) is 22.0. The Morgan fingerprint density at radius 2 is 1.00 bits per heavy atom. The van der Waals surface area contributed by atoms with Crippen LogP contribution in [0.15, 0.2) is 60.4 Å². The first-order valence-electron chi connectivity index (χ1n) is 12.4. The van der Waals surface area contributed by atoms with Crippen LogP contribution in [0.2, 0.25) is 0 Å². The second-order valence-electron chi connectivity index (χ2n) is 10.6. The predicted molar refractivity (Wildman–Crippen MR) is 150 cm³/mol. The quantitative estimate of drug-likeness (QED) is 0.359. The summed E-state index contributed by atoms with van der Waals surface area (Å²) in [7, 11) is -1.73. The summed E-state index contributed by atoms with van der Waals surface area (Å²) >= 11 is 3.08. The van der Waals surface area contributed by atoms with Crippen molar-refractivity contribution in [3.05, 3.63) is 82.7 Å². The van der Waals surface area contributed by atoms with Crippen molar-refractivity contribution >= 4 is 35.2 Å². The summed E-state index contributed by atoms with van der Waals surface area (Å²) in [6, 6.07) is 13.7. The van der Waals surface area contributed by atoms with Gasteiger partial charge in [-0.15, -0.1) is 0 Å². The Labute approximate surface area is 212 Å². The Balaban J connectivity index is 2.30. The molecule has 0 saturated carbocycles. The minimum atomic E-state index is -1.73. The molecule has 4 heteroatoms. The maximum absolute atomic E-state index is 4.56. The third kappa shape index (κ3) is 4.91. The normalized spacial score (nSPS) is 17.1. The summed E-state index contributed by atoms with van der Waals surface area (Å²) in [5.41, 5.74) is 10.9. The van der Waals surface area contributed by atoms with E-state index in [-0.39, 0.29) is 0 Å². The Hall–Kier alpha value is -1.70. The number of para-hydroxylation sites is 2. The zero-order chi connectivity index (χ0) is 24.6. The maximum atomic E-state index is 4.56. The van der Waals surface area contributed by atoms with Gasteiger partial charge in [0, 0.05) is 0 Å². The number of allylic oxidation sites excluding steroid dienone is 2. The van der Waals surface area contributed by atoms with Gasteiger partial charge in [0.05, 0.1) is 0 Å². The summed E-state index contributed by atoms with van der Waals surface area (Å²) < 4.78 is 5.26. The zero-order valence-corrected chi connectivity index (χ0v) is 25.0. The van der Waals surface area contributed by atoms with E-state index in [2.05, 4.69) is 137 Å². The number of benzene rings is 2. The molecular formula is C29H41AsN2Si. The van der Waals surface area contributed by atoms with Crippen molar-refractivity contribution in [2.24, 2.45) is 0 Å². The van der Waals surface area contributed by atoms with Gasteiger partial charge in [0.15, 0.2) is 0 Å². The number of nitrogens with zero attached hydrogens (tertiary/aromatic N) is 2. The summed E-state index contributed by atoms with van der Waals surface area (Å²) in [4.78, 5) is 0. The third-order valence-corrected chi connectivity index (χ3v) is 11.8. The van der Waals surface area contributed by atoms with Gasteiger partial charge in [0.2, 0.25) is 0 Å². The van der Waals surface area contributed by atoms with E-state index >= 15 is 0 Å². The minimum absolute atomic E-state index is 0.454. The fourth-order valence-corrected chi connectivity index (χ4v) is 10.6. The van der Waals surface area contributed by atoms with E-state index in [1.807, 2.05) is 0 Å². The molecule has 0 aliphatic carbocycles. The molecule has 1 aliphatic rings. The molecule has 0 bridgehead atoms. The van der Waals surface area contributed by atoms with E-state index in [1.54, 1.807) is 0 Å². The van der Waals surface area contributed by atoms with Gasteiger partial charge in [-0.25, -0.2) is 0 Å². The molecule has 1 heterocycles. The van der Waals surface area contributed by atoms with Crippen LogP contribution in [0.4, 0.5) is 11.4 Å². The molecule has 2 aromatic rings. The van der Waals surface area contributed by atoms with Crippen LogP contribution in [0.25, 0.3) is 0 Å². The average molecular weight is 521 g/mol. The monoisotopic (exact) mass is 520 g/mol. The summed E-state index contributed by atoms with van der Waals surface area (Å²) in [6.45, 7) is 25.3. The summed E-state index contributed by atoms with van der Waals surface area (Å²) in [6.07, 6.45) is 2.29. The molecule has 2 nitrogen and oxygen atoms in total. The van der Waals surface area contributed by atoms with Crippen LogP contribution in [0.5, 0.6) is 0 Å². The summed E-state index contributed by atoms with van der Waals surface area (Å²) in [5.74, 6) is 1.84. The second kappa shape index (κ2) is 10.3. The molecule has 0 spiro atoms. The van der Waals surface area contributed by atoms with E-state index in [4.69, 9.17) is 0 Å². The van der Waals surface area contributed by atoms with Crippen LogP contribution in [0.3, 0.4) is 0 Å². The molecule has 2 aromatic carbocycles. The molecule has 0 fully saturated rings. The fourth-order valence-electron chi connectivity index (χ4n) is 4.96. The van der Waals surface area contributed by atoms with Gasteiger partial charge in [0.25, 0.3) is 0 Å².